The molecule has 0 saturated heterocycles. The van der Waals surface area contributed by atoms with Gasteiger partial charge in [0.05, 0.1) is 0 Å². The Morgan fingerprint density at radius 1 is 1.11 bits per heavy atom. The molecule has 0 saturated carbocycles. The lowest BCUT2D eigenvalue weighted by Gasteiger charge is -2.08. The van der Waals surface area contributed by atoms with Gasteiger partial charge < -0.3 is 4.18 Å². The molecule has 2 rings (SSSR count). The summed E-state index contributed by atoms with van der Waals surface area (Å²) in [6.45, 7) is 1.86. The second-order valence-corrected chi connectivity index (χ2v) is 5.88. The molecule has 6 heteroatoms. The maximum atomic E-state index is 13.6. The number of aryl methyl sites for hydroxylation is 1. The van der Waals surface area contributed by atoms with E-state index in [2.05, 4.69) is 0 Å². The lowest BCUT2D eigenvalue weighted by Crippen LogP contribution is -2.11. The Morgan fingerprint density at radius 3 is 2.32 bits per heavy atom. The summed E-state index contributed by atoms with van der Waals surface area (Å²) in [6, 6.07) is 9.68. The van der Waals surface area contributed by atoms with Gasteiger partial charge in [-0.2, -0.15) is 8.42 Å². The molecule has 0 bridgehead atoms. The topological polar surface area (TPSA) is 43.4 Å². The summed E-state index contributed by atoms with van der Waals surface area (Å²) in [4.78, 5) is -0.544. The van der Waals surface area contributed by atoms with Crippen LogP contribution in [0.3, 0.4) is 0 Å². The maximum absolute atomic E-state index is 13.6. The van der Waals surface area contributed by atoms with Gasteiger partial charge in [-0.05, 0) is 37.3 Å². The second kappa shape index (κ2) is 5.19. The first kappa shape index (κ1) is 13.8. The molecule has 0 heterocycles. The predicted molar refractivity (Wildman–Crippen MR) is 70.4 cm³/mol. The largest absolute Gasteiger partial charge is 0.379 e. The average molecular weight is 301 g/mol. The van der Waals surface area contributed by atoms with Crippen molar-refractivity contribution in [1.29, 1.82) is 0 Å². The molecule has 0 aliphatic rings. The van der Waals surface area contributed by atoms with Crippen LogP contribution in [0, 0.1) is 12.7 Å². The van der Waals surface area contributed by atoms with E-state index >= 15 is 0 Å². The Balaban J connectivity index is 2.35. The molecule has 0 radical (unpaired) electrons. The minimum absolute atomic E-state index is 0.117. The Morgan fingerprint density at radius 2 is 1.74 bits per heavy atom. The molecule has 0 amide bonds. The highest BCUT2D eigenvalue weighted by Gasteiger charge is 2.21. The molecule has 100 valence electrons. The molecular formula is C13H10ClFO3S. The molecule has 19 heavy (non-hydrogen) atoms. The highest BCUT2D eigenvalue weighted by atomic mass is 35.5. The number of rotatable bonds is 3. The zero-order valence-corrected chi connectivity index (χ0v) is 11.5. The molecule has 0 unspecified atom stereocenters. The van der Waals surface area contributed by atoms with Crippen molar-refractivity contribution in [3.8, 4) is 5.75 Å². The van der Waals surface area contributed by atoms with Crippen molar-refractivity contribution >= 4 is 21.7 Å². The molecule has 0 aliphatic carbocycles. The summed E-state index contributed by atoms with van der Waals surface area (Å²) < 4.78 is 42.2. The SMILES string of the molecule is Cc1ccc(OS(=O)(=O)c2ccc(Cl)cc2F)cc1. The number of halogens is 2. The first-order valence-corrected chi connectivity index (χ1v) is 7.13. The van der Waals surface area contributed by atoms with Crippen LogP contribution in [-0.2, 0) is 10.1 Å². The van der Waals surface area contributed by atoms with E-state index in [9.17, 15) is 12.8 Å². The van der Waals surface area contributed by atoms with E-state index in [1.807, 2.05) is 6.92 Å². The van der Waals surface area contributed by atoms with Crippen LogP contribution in [-0.4, -0.2) is 8.42 Å². The summed E-state index contributed by atoms with van der Waals surface area (Å²) in [7, 11) is -4.21. The highest BCUT2D eigenvalue weighted by molar-refractivity contribution is 7.87. The smallest absolute Gasteiger partial charge is 0.342 e. The van der Waals surface area contributed by atoms with Crippen LogP contribution in [0.5, 0.6) is 5.75 Å². The first-order valence-electron chi connectivity index (χ1n) is 5.35. The van der Waals surface area contributed by atoms with Gasteiger partial charge in [0.1, 0.15) is 16.5 Å². The zero-order chi connectivity index (χ0) is 14.0. The second-order valence-electron chi connectivity index (χ2n) is 3.93. The zero-order valence-electron chi connectivity index (χ0n) is 9.93. The third-order valence-corrected chi connectivity index (χ3v) is 3.91. The summed E-state index contributed by atoms with van der Waals surface area (Å²) in [5.74, 6) is -0.820. The minimum Gasteiger partial charge on any atom is -0.379 e. The molecule has 0 fully saturated rings. The first-order chi connectivity index (χ1) is 8.88. The summed E-state index contributed by atoms with van der Waals surface area (Å²) in [5.41, 5.74) is 0.961. The number of hydrogen-bond acceptors (Lipinski definition) is 3. The van der Waals surface area contributed by atoms with Crippen molar-refractivity contribution in [3.05, 3.63) is 58.9 Å². The van der Waals surface area contributed by atoms with Crippen LogP contribution in [0.4, 0.5) is 4.39 Å². The van der Waals surface area contributed by atoms with E-state index in [1.165, 1.54) is 18.2 Å². The fourth-order valence-corrected chi connectivity index (χ4v) is 2.59. The molecule has 3 nitrogen and oxygen atoms in total. The van der Waals surface area contributed by atoms with Crippen LogP contribution in [0.1, 0.15) is 5.56 Å². The molecule has 2 aromatic carbocycles. The summed E-state index contributed by atoms with van der Waals surface area (Å²) in [6.07, 6.45) is 0. The van der Waals surface area contributed by atoms with E-state index in [0.717, 1.165) is 17.7 Å². The van der Waals surface area contributed by atoms with Crippen LogP contribution in [0.15, 0.2) is 47.4 Å². The quantitative estimate of drug-likeness (QED) is 0.814. The Bertz CT molecular complexity index is 696. The van der Waals surface area contributed by atoms with Crippen LogP contribution in [0.25, 0.3) is 0 Å². The van der Waals surface area contributed by atoms with Crippen molar-refractivity contribution in [2.75, 3.05) is 0 Å². The minimum atomic E-state index is -4.21. The van der Waals surface area contributed by atoms with Gasteiger partial charge in [-0.1, -0.05) is 29.3 Å². The van der Waals surface area contributed by atoms with E-state index in [-0.39, 0.29) is 10.8 Å². The van der Waals surface area contributed by atoms with E-state index in [0.29, 0.717) is 0 Å². The highest BCUT2D eigenvalue weighted by Crippen LogP contribution is 2.23. The standard InChI is InChI=1S/C13H10ClFO3S/c1-9-2-5-11(6-3-9)18-19(16,17)13-7-4-10(14)8-12(13)15/h2-8H,1H3. The van der Waals surface area contributed by atoms with Crippen molar-refractivity contribution in [1.82, 2.24) is 0 Å². The molecule has 0 atom stereocenters. The molecule has 0 spiro atoms. The lowest BCUT2D eigenvalue weighted by atomic mass is 10.2. The van der Waals surface area contributed by atoms with Gasteiger partial charge in [0.15, 0.2) is 0 Å². The number of hydrogen-bond donors (Lipinski definition) is 0. The monoisotopic (exact) mass is 300 g/mol. The molecule has 0 N–H and O–H groups in total. The van der Waals surface area contributed by atoms with Crippen LogP contribution >= 0.6 is 11.6 Å². The normalized spacial score (nSPS) is 11.3. The summed E-state index contributed by atoms with van der Waals surface area (Å²) >= 11 is 5.57. The van der Waals surface area contributed by atoms with Gasteiger partial charge in [0.2, 0.25) is 0 Å². The molecule has 2 aromatic rings. The van der Waals surface area contributed by atoms with Gasteiger partial charge in [0, 0.05) is 5.02 Å². The number of benzene rings is 2. The van der Waals surface area contributed by atoms with E-state index in [1.54, 1.807) is 12.1 Å². The van der Waals surface area contributed by atoms with E-state index < -0.39 is 20.8 Å². The molecular weight excluding hydrogens is 291 g/mol. The van der Waals surface area contributed by atoms with Crippen molar-refractivity contribution < 1.29 is 17.0 Å². The summed E-state index contributed by atoms with van der Waals surface area (Å²) in [5, 5.41) is 0.117. The van der Waals surface area contributed by atoms with Crippen LogP contribution in [0.2, 0.25) is 5.02 Å². The third-order valence-electron chi connectivity index (χ3n) is 2.39. The fourth-order valence-electron chi connectivity index (χ4n) is 1.44. The maximum Gasteiger partial charge on any atom is 0.342 e. The Kier molecular flexibility index (Phi) is 3.78. The average Bonchev–Trinajstić information content (AvgIpc) is 2.31. The lowest BCUT2D eigenvalue weighted by molar-refractivity contribution is 0.476. The van der Waals surface area contributed by atoms with Gasteiger partial charge >= 0.3 is 10.1 Å². The molecule has 0 aliphatic heterocycles. The van der Waals surface area contributed by atoms with Gasteiger partial charge in [-0.15, -0.1) is 0 Å². The van der Waals surface area contributed by atoms with Crippen molar-refractivity contribution in [3.63, 3.8) is 0 Å². The Hall–Kier alpha value is -1.59. The molecule has 0 aromatic heterocycles. The fraction of sp³-hybridized carbons (Fsp3) is 0.0769. The van der Waals surface area contributed by atoms with Crippen molar-refractivity contribution in [2.45, 2.75) is 11.8 Å². The van der Waals surface area contributed by atoms with E-state index in [4.69, 9.17) is 15.8 Å². The van der Waals surface area contributed by atoms with Crippen LogP contribution < -0.4 is 4.18 Å². The van der Waals surface area contributed by atoms with Gasteiger partial charge in [-0.3, -0.25) is 0 Å². The Labute approximate surface area is 115 Å². The predicted octanol–water partition coefficient (Wildman–Crippen LogP) is 3.56. The third kappa shape index (κ3) is 3.24. The van der Waals surface area contributed by atoms with Crippen molar-refractivity contribution in [2.24, 2.45) is 0 Å². The van der Waals surface area contributed by atoms with Gasteiger partial charge in [-0.25, -0.2) is 4.39 Å². The van der Waals surface area contributed by atoms with Gasteiger partial charge in [0.25, 0.3) is 0 Å².